The van der Waals surface area contributed by atoms with Crippen molar-refractivity contribution in [3.05, 3.63) is 41.6 Å². The number of hydrogen-bond acceptors (Lipinski definition) is 6. The molecule has 0 aliphatic rings. The molecule has 0 atom stereocenters. The van der Waals surface area contributed by atoms with Gasteiger partial charge in [0.05, 0.1) is 19.2 Å². The summed E-state index contributed by atoms with van der Waals surface area (Å²) in [5, 5.41) is 4.81. The summed E-state index contributed by atoms with van der Waals surface area (Å²) in [6.45, 7) is 9.83. The highest BCUT2D eigenvalue weighted by Crippen LogP contribution is 2.17. The summed E-state index contributed by atoms with van der Waals surface area (Å²) in [6.07, 6.45) is 7.69. The third-order valence-corrected chi connectivity index (χ3v) is 3.96. The second-order valence-corrected chi connectivity index (χ2v) is 6.74. The highest BCUT2D eigenvalue weighted by molar-refractivity contribution is 5.92. The SMILES string of the molecule is C=C(/C=C(/CN=Cc1c(N)ccnc1NC)CN(C)OC)CCC(C)C. The number of nitrogens with two attached hydrogens (primary N) is 1. The fourth-order valence-electron chi connectivity index (χ4n) is 2.40. The van der Waals surface area contributed by atoms with E-state index < -0.39 is 0 Å². The molecule has 6 heteroatoms. The smallest absolute Gasteiger partial charge is 0.136 e. The minimum atomic E-state index is 0.548. The average Bonchev–Trinajstić information content (AvgIpc) is 2.60. The maximum Gasteiger partial charge on any atom is 0.136 e. The summed E-state index contributed by atoms with van der Waals surface area (Å²) >= 11 is 0. The van der Waals surface area contributed by atoms with Gasteiger partial charge in [-0.1, -0.05) is 32.1 Å². The summed E-state index contributed by atoms with van der Waals surface area (Å²) < 4.78 is 0. The van der Waals surface area contributed by atoms with Crippen LogP contribution in [0, 0.1) is 5.92 Å². The first-order valence-corrected chi connectivity index (χ1v) is 8.91. The van der Waals surface area contributed by atoms with Crippen molar-refractivity contribution in [3.63, 3.8) is 0 Å². The number of aromatic nitrogens is 1. The number of aliphatic imine (C=N–C) groups is 1. The van der Waals surface area contributed by atoms with Crippen LogP contribution in [-0.2, 0) is 4.84 Å². The molecule has 0 amide bonds. The molecule has 1 aromatic heterocycles. The van der Waals surface area contributed by atoms with Crippen molar-refractivity contribution < 1.29 is 4.84 Å². The number of rotatable bonds is 11. The molecule has 1 aromatic rings. The Morgan fingerprint density at radius 3 is 2.85 bits per heavy atom. The van der Waals surface area contributed by atoms with Crippen LogP contribution in [0.3, 0.4) is 0 Å². The molecule has 0 aliphatic carbocycles. The van der Waals surface area contributed by atoms with E-state index in [0.29, 0.717) is 24.7 Å². The van der Waals surface area contributed by atoms with Crippen molar-refractivity contribution in [2.75, 3.05) is 45.3 Å². The first-order chi connectivity index (χ1) is 12.4. The molecule has 1 rings (SSSR count). The van der Waals surface area contributed by atoms with E-state index in [-0.39, 0.29) is 0 Å². The Morgan fingerprint density at radius 1 is 1.50 bits per heavy atom. The summed E-state index contributed by atoms with van der Waals surface area (Å²) in [4.78, 5) is 14.1. The second-order valence-electron chi connectivity index (χ2n) is 6.74. The summed E-state index contributed by atoms with van der Waals surface area (Å²) in [5.74, 6) is 1.38. The zero-order valence-electron chi connectivity index (χ0n) is 16.7. The van der Waals surface area contributed by atoms with Gasteiger partial charge in [0.15, 0.2) is 0 Å². The number of likely N-dealkylation sites (N-methyl/N-ethyl adjacent to an activating group) is 1. The van der Waals surface area contributed by atoms with Gasteiger partial charge in [-0.2, -0.15) is 5.06 Å². The fourth-order valence-corrected chi connectivity index (χ4v) is 2.40. The topological polar surface area (TPSA) is 75.8 Å². The minimum absolute atomic E-state index is 0.548. The minimum Gasteiger partial charge on any atom is -0.398 e. The van der Waals surface area contributed by atoms with Gasteiger partial charge in [0.2, 0.25) is 0 Å². The van der Waals surface area contributed by atoms with Crippen molar-refractivity contribution in [1.82, 2.24) is 10.0 Å². The van der Waals surface area contributed by atoms with Crippen LogP contribution in [0.15, 0.2) is 41.1 Å². The molecule has 144 valence electrons. The Hall–Kier alpha value is -2.18. The Labute approximate surface area is 157 Å². The lowest BCUT2D eigenvalue weighted by atomic mass is 10.0. The summed E-state index contributed by atoms with van der Waals surface area (Å²) in [5.41, 5.74) is 9.73. The molecule has 0 saturated carbocycles. The number of hydroxylamine groups is 2. The molecule has 0 aliphatic heterocycles. The molecule has 6 nitrogen and oxygen atoms in total. The maximum atomic E-state index is 6.04. The molecule has 0 radical (unpaired) electrons. The van der Waals surface area contributed by atoms with E-state index in [2.05, 4.69) is 41.8 Å². The Kier molecular flexibility index (Phi) is 9.62. The summed E-state index contributed by atoms with van der Waals surface area (Å²) in [7, 11) is 5.37. The van der Waals surface area contributed by atoms with Crippen LogP contribution in [-0.4, -0.2) is 50.6 Å². The highest BCUT2D eigenvalue weighted by Gasteiger charge is 2.06. The molecule has 0 unspecified atom stereocenters. The lowest BCUT2D eigenvalue weighted by molar-refractivity contribution is -0.101. The molecular formula is C20H33N5O. The Morgan fingerprint density at radius 2 is 2.23 bits per heavy atom. The van der Waals surface area contributed by atoms with Crippen molar-refractivity contribution in [2.45, 2.75) is 26.7 Å². The zero-order valence-corrected chi connectivity index (χ0v) is 16.7. The van der Waals surface area contributed by atoms with Crippen LogP contribution in [0.1, 0.15) is 32.3 Å². The van der Waals surface area contributed by atoms with Gasteiger partial charge in [-0.15, -0.1) is 0 Å². The van der Waals surface area contributed by atoms with E-state index in [0.717, 1.165) is 35.4 Å². The normalized spacial score (nSPS) is 12.3. The predicted molar refractivity (Wildman–Crippen MR) is 112 cm³/mol. The lowest BCUT2D eigenvalue weighted by Crippen LogP contribution is -2.20. The number of nitrogens with one attached hydrogen (secondary N) is 1. The van der Waals surface area contributed by atoms with Crippen LogP contribution >= 0.6 is 0 Å². The van der Waals surface area contributed by atoms with Crippen molar-refractivity contribution in [3.8, 4) is 0 Å². The van der Waals surface area contributed by atoms with Gasteiger partial charge >= 0.3 is 0 Å². The van der Waals surface area contributed by atoms with E-state index in [4.69, 9.17) is 10.6 Å². The van der Waals surface area contributed by atoms with Gasteiger partial charge < -0.3 is 15.9 Å². The van der Waals surface area contributed by atoms with E-state index >= 15 is 0 Å². The number of hydrogen-bond donors (Lipinski definition) is 2. The monoisotopic (exact) mass is 359 g/mol. The van der Waals surface area contributed by atoms with Crippen molar-refractivity contribution in [1.29, 1.82) is 0 Å². The first-order valence-electron chi connectivity index (χ1n) is 8.91. The van der Waals surface area contributed by atoms with Gasteiger partial charge in [-0.3, -0.25) is 4.99 Å². The Balaban J connectivity index is 2.87. The van der Waals surface area contributed by atoms with Crippen LogP contribution in [0.25, 0.3) is 0 Å². The fraction of sp³-hybridized carbons (Fsp3) is 0.500. The van der Waals surface area contributed by atoms with Gasteiger partial charge in [-0.05, 0) is 30.4 Å². The first kappa shape index (κ1) is 21.9. The van der Waals surface area contributed by atoms with Gasteiger partial charge in [0.25, 0.3) is 0 Å². The molecule has 0 saturated heterocycles. The van der Waals surface area contributed by atoms with E-state index in [1.807, 2.05) is 14.1 Å². The van der Waals surface area contributed by atoms with E-state index in [9.17, 15) is 0 Å². The van der Waals surface area contributed by atoms with Gasteiger partial charge in [0.1, 0.15) is 5.82 Å². The van der Waals surface area contributed by atoms with Gasteiger partial charge in [0, 0.05) is 38.7 Å². The maximum absolute atomic E-state index is 6.04. The summed E-state index contributed by atoms with van der Waals surface area (Å²) in [6, 6.07) is 1.77. The molecule has 0 aromatic carbocycles. The third kappa shape index (κ3) is 7.80. The third-order valence-electron chi connectivity index (χ3n) is 3.96. The quantitative estimate of drug-likeness (QED) is 0.359. The molecule has 3 N–H and O–H groups in total. The van der Waals surface area contributed by atoms with Crippen LogP contribution < -0.4 is 11.1 Å². The van der Waals surface area contributed by atoms with E-state index in [1.54, 1.807) is 30.7 Å². The van der Waals surface area contributed by atoms with Crippen molar-refractivity contribution in [2.24, 2.45) is 10.9 Å². The van der Waals surface area contributed by atoms with Crippen LogP contribution in [0.5, 0.6) is 0 Å². The average molecular weight is 360 g/mol. The second kappa shape index (κ2) is 11.4. The number of pyridine rings is 1. The molecular weight excluding hydrogens is 326 g/mol. The molecule has 0 bridgehead atoms. The van der Waals surface area contributed by atoms with E-state index in [1.165, 1.54) is 0 Å². The standard InChI is InChI=1S/C20H33N5O/c1-15(2)7-8-16(3)11-17(14-25(5)26-6)12-23-13-18-19(21)9-10-24-20(18)22-4/h9-11,13,15H,3,7-8,12,14H2,1-2,4-6H3,(H3,21,22,24)/b17-11-,23-13?. The number of nitrogen functional groups attached to an aromatic ring is 1. The Bertz CT molecular complexity index is 637. The number of nitrogens with zero attached hydrogens (tertiary/aromatic N) is 3. The highest BCUT2D eigenvalue weighted by atomic mass is 16.7. The number of anilines is 2. The van der Waals surface area contributed by atoms with Crippen LogP contribution in [0.4, 0.5) is 11.5 Å². The molecule has 26 heavy (non-hydrogen) atoms. The predicted octanol–water partition coefficient (Wildman–Crippen LogP) is 3.54. The number of allylic oxidation sites excluding steroid dienone is 2. The molecule has 0 spiro atoms. The van der Waals surface area contributed by atoms with Gasteiger partial charge in [-0.25, -0.2) is 4.98 Å². The van der Waals surface area contributed by atoms with Crippen molar-refractivity contribution >= 4 is 17.7 Å². The molecule has 0 fully saturated rings. The zero-order chi connectivity index (χ0) is 19.5. The molecule has 1 heterocycles. The largest absolute Gasteiger partial charge is 0.398 e. The van der Waals surface area contributed by atoms with Crippen LogP contribution in [0.2, 0.25) is 0 Å². The lowest BCUT2D eigenvalue weighted by Gasteiger charge is -2.16.